The maximum Gasteiger partial charge on any atom is 0.153 e. The van der Waals surface area contributed by atoms with Gasteiger partial charge in [-0.25, -0.2) is 0 Å². The lowest BCUT2D eigenvalue weighted by Gasteiger charge is -2.40. The first kappa shape index (κ1) is 16.1. The second-order valence-corrected chi connectivity index (χ2v) is 7.41. The van der Waals surface area contributed by atoms with Crippen molar-refractivity contribution in [1.82, 2.24) is 15.1 Å². The zero-order valence-corrected chi connectivity index (χ0v) is 14.7. The normalized spacial score (nSPS) is 30.9. The van der Waals surface area contributed by atoms with Crippen LogP contribution in [-0.4, -0.2) is 73.1 Å². The standard InChI is InChI=1S/C17H28N6O/c1-12-9-21(2)5-6-23(12)16-7-17(20-19-15(16)8-18)22-10-13-3-4-14(11-22)24-13/h7,12-14H,3-6,8-11,18H2,1-2H3/t12-,13?,14?/m1/s1. The number of nitrogens with zero attached hydrogens (tertiary/aromatic N) is 5. The van der Waals surface area contributed by atoms with Gasteiger partial charge in [0.15, 0.2) is 5.82 Å². The van der Waals surface area contributed by atoms with Gasteiger partial charge in [0.05, 0.1) is 17.9 Å². The summed E-state index contributed by atoms with van der Waals surface area (Å²) in [5, 5.41) is 8.93. The predicted molar refractivity (Wildman–Crippen MR) is 94.3 cm³/mol. The third-order valence-electron chi connectivity index (χ3n) is 5.54. The molecule has 0 aliphatic carbocycles. The molecule has 1 aromatic heterocycles. The Morgan fingerprint density at radius 3 is 2.58 bits per heavy atom. The predicted octanol–water partition coefficient (Wildman–Crippen LogP) is 0.443. The number of hydrogen-bond donors (Lipinski definition) is 1. The monoisotopic (exact) mass is 332 g/mol. The molecule has 0 spiro atoms. The summed E-state index contributed by atoms with van der Waals surface area (Å²) in [7, 11) is 2.18. The number of rotatable bonds is 3. The molecule has 1 aromatic rings. The number of hydrogen-bond acceptors (Lipinski definition) is 7. The second kappa shape index (κ2) is 6.46. The number of morpholine rings is 1. The summed E-state index contributed by atoms with van der Waals surface area (Å²) in [6.07, 6.45) is 3.03. The molecule has 4 rings (SSSR count). The summed E-state index contributed by atoms with van der Waals surface area (Å²) in [6, 6.07) is 2.65. The lowest BCUT2D eigenvalue weighted by atomic mass is 10.1. The lowest BCUT2D eigenvalue weighted by molar-refractivity contribution is 0.0301. The van der Waals surface area contributed by atoms with Crippen molar-refractivity contribution in [1.29, 1.82) is 0 Å². The number of anilines is 2. The van der Waals surface area contributed by atoms with Crippen LogP contribution in [0.2, 0.25) is 0 Å². The zero-order chi connectivity index (χ0) is 16.7. The van der Waals surface area contributed by atoms with E-state index in [4.69, 9.17) is 10.5 Å². The number of aromatic nitrogens is 2. The van der Waals surface area contributed by atoms with Crippen molar-refractivity contribution in [3.8, 4) is 0 Å². The topological polar surface area (TPSA) is 70.8 Å². The van der Waals surface area contributed by atoms with Crippen LogP contribution in [0, 0.1) is 0 Å². The zero-order valence-electron chi connectivity index (χ0n) is 14.7. The fraction of sp³-hybridized carbons (Fsp3) is 0.765. The quantitative estimate of drug-likeness (QED) is 0.861. The molecule has 3 saturated heterocycles. The van der Waals surface area contributed by atoms with Gasteiger partial charge in [0.25, 0.3) is 0 Å². The molecular weight excluding hydrogens is 304 g/mol. The number of piperazine rings is 1. The van der Waals surface area contributed by atoms with Crippen LogP contribution in [0.1, 0.15) is 25.5 Å². The summed E-state index contributed by atoms with van der Waals surface area (Å²) >= 11 is 0. The van der Waals surface area contributed by atoms with Crippen molar-refractivity contribution >= 4 is 11.5 Å². The molecule has 24 heavy (non-hydrogen) atoms. The Kier molecular flexibility index (Phi) is 4.32. The highest BCUT2D eigenvalue weighted by molar-refractivity contribution is 5.59. The fourth-order valence-electron chi connectivity index (χ4n) is 4.25. The summed E-state index contributed by atoms with van der Waals surface area (Å²) in [4.78, 5) is 7.15. The molecule has 2 bridgehead atoms. The molecule has 4 heterocycles. The summed E-state index contributed by atoms with van der Waals surface area (Å²) in [5.41, 5.74) is 7.99. The van der Waals surface area contributed by atoms with E-state index < -0.39 is 0 Å². The Balaban J connectivity index is 1.61. The van der Waals surface area contributed by atoms with Crippen LogP contribution in [0.3, 0.4) is 0 Å². The summed E-state index contributed by atoms with van der Waals surface area (Å²) < 4.78 is 5.94. The minimum Gasteiger partial charge on any atom is -0.371 e. The first-order valence-corrected chi connectivity index (χ1v) is 9.06. The fourth-order valence-corrected chi connectivity index (χ4v) is 4.25. The van der Waals surface area contributed by atoms with E-state index >= 15 is 0 Å². The Bertz CT molecular complexity index is 584. The van der Waals surface area contributed by atoms with Crippen LogP contribution >= 0.6 is 0 Å². The molecule has 3 fully saturated rings. The highest BCUT2D eigenvalue weighted by atomic mass is 16.5. The third kappa shape index (κ3) is 2.96. The van der Waals surface area contributed by atoms with Crippen molar-refractivity contribution in [2.24, 2.45) is 5.73 Å². The van der Waals surface area contributed by atoms with E-state index in [1.807, 2.05) is 0 Å². The number of likely N-dealkylation sites (N-methyl/N-ethyl adjacent to an activating group) is 1. The van der Waals surface area contributed by atoms with Gasteiger partial charge in [-0.15, -0.1) is 10.2 Å². The van der Waals surface area contributed by atoms with Crippen LogP contribution < -0.4 is 15.5 Å². The van der Waals surface area contributed by atoms with E-state index in [1.165, 1.54) is 0 Å². The smallest absolute Gasteiger partial charge is 0.153 e. The Labute approximate surface area is 143 Å². The maximum absolute atomic E-state index is 5.94. The molecule has 0 radical (unpaired) electrons. The van der Waals surface area contributed by atoms with E-state index in [9.17, 15) is 0 Å². The van der Waals surface area contributed by atoms with Gasteiger partial charge in [-0.1, -0.05) is 0 Å². The molecule has 3 atom stereocenters. The summed E-state index contributed by atoms with van der Waals surface area (Å²) in [5.74, 6) is 0.966. The molecule has 0 saturated carbocycles. The van der Waals surface area contributed by atoms with E-state index in [0.717, 1.165) is 62.8 Å². The van der Waals surface area contributed by atoms with E-state index in [-0.39, 0.29) is 0 Å². The van der Waals surface area contributed by atoms with Gasteiger partial charge >= 0.3 is 0 Å². The average Bonchev–Trinajstić information content (AvgIpc) is 2.92. The lowest BCUT2D eigenvalue weighted by Crippen LogP contribution is -2.51. The molecule has 3 aliphatic rings. The van der Waals surface area contributed by atoms with Crippen LogP contribution in [-0.2, 0) is 11.3 Å². The van der Waals surface area contributed by atoms with Crippen molar-refractivity contribution in [3.05, 3.63) is 11.8 Å². The Morgan fingerprint density at radius 1 is 1.17 bits per heavy atom. The molecule has 0 amide bonds. The molecule has 2 unspecified atom stereocenters. The van der Waals surface area contributed by atoms with Crippen LogP contribution in [0.5, 0.6) is 0 Å². The van der Waals surface area contributed by atoms with Crippen LogP contribution in [0.4, 0.5) is 11.5 Å². The van der Waals surface area contributed by atoms with E-state index in [1.54, 1.807) is 0 Å². The molecule has 7 nitrogen and oxygen atoms in total. The maximum atomic E-state index is 5.94. The summed E-state index contributed by atoms with van der Waals surface area (Å²) in [6.45, 7) is 7.66. The molecule has 7 heteroatoms. The largest absolute Gasteiger partial charge is 0.371 e. The SMILES string of the molecule is C[C@@H]1CN(C)CCN1c1cc(N2CC3CCC(C2)O3)nnc1CN. The number of fused-ring (bicyclic) bond motifs is 2. The third-order valence-corrected chi connectivity index (χ3v) is 5.54. The highest BCUT2D eigenvalue weighted by Crippen LogP contribution is 2.31. The number of ether oxygens (including phenoxy) is 1. The molecule has 0 aromatic carbocycles. The van der Waals surface area contributed by atoms with Crippen molar-refractivity contribution < 1.29 is 4.74 Å². The van der Waals surface area contributed by atoms with Gasteiger partial charge < -0.3 is 25.2 Å². The van der Waals surface area contributed by atoms with E-state index in [2.05, 4.69) is 44.9 Å². The average molecular weight is 332 g/mol. The van der Waals surface area contributed by atoms with Crippen LogP contribution in [0.15, 0.2) is 6.07 Å². The molecular formula is C17H28N6O. The molecule has 132 valence electrons. The first-order chi connectivity index (χ1) is 11.6. The van der Waals surface area contributed by atoms with Crippen molar-refractivity contribution in [2.75, 3.05) is 49.6 Å². The van der Waals surface area contributed by atoms with Gasteiger partial charge in [0.1, 0.15) is 5.69 Å². The molecule has 3 aliphatic heterocycles. The molecule has 2 N–H and O–H groups in total. The van der Waals surface area contributed by atoms with Crippen molar-refractivity contribution in [2.45, 2.75) is 44.6 Å². The minimum atomic E-state index is 0.353. The van der Waals surface area contributed by atoms with Gasteiger partial charge in [-0.2, -0.15) is 0 Å². The van der Waals surface area contributed by atoms with Crippen molar-refractivity contribution in [3.63, 3.8) is 0 Å². The van der Waals surface area contributed by atoms with Gasteiger partial charge in [-0.05, 0) is 26.8 Å². The highest BCUT2D eigenvalue weighted by Gasteiger charge is 2.35. The van der Waals surface area contributed by atoms with Gasteiger partial charge in [-0.3, -0.25) is 0 Å². The second-order valence-electron chi connectivity index (χ2n) is 7.41. The number of nitrogens with two attached hydrogens (primary N) is 1. The van der Waals surface area contributed by atoms with Gasteiger partial charge in [0.2, 0.25) is 0 Å². The van der Waals surface area contributed by atoms with Gasteiger partial charge in [0, 0.05) is 51.4 Å². The Morgan fingerprint density at radius 2 is 1.92 bits per heavy atom. The Hall–Kier alpha value is -1.44. The van der Waals surface area contributed by atoms with E-state index in [0.29, 0.717) is 24.8 Å². The minimum absolute atomic E-state index is 0.353. The van der Waals surface area contributed by atoms with Crippen LogP contribution in [0.25, 0.3) is 0 Å². The first-order valence-electron chi connectivity index (χ1n) is 9.06.